The summed E-state index contributed by atoms with van der Waals surface area (Å²) in [5.41, 5.74) is 0.951. The van der Waals surface area contributed by atoms with Crippen LogP contribution in [0.25, 0.3) is 0 Å². The Hall–Kier alpha value is -1.35. The van der Waals surface area contributed by atoms with E-state index in [2.05, 4.69) is 0 Å². The van der Waals surface area contributed by atoms with E-state index in [1.54, 1.807) is 26.4 Å². The molecule has 0 amide bonds. The molecule has 0 aliphatic carbocycles. The predicted molar refractivity (Wildman–Crippen MR) is 110 cm³/mol. The second-order valence-corrected chi connectivity index (χ2v) is 5.87. The van der Waals surface area contributed by atoms with Gasteiger partial charge in [-0.1, -0.05) is 6.92 Å². The van der Waals surface area contributed by atoms with Gasteiger partial charge in [0.2, 0.25) is 5.75 Å². The molecule has 0 saturated carbocycles. The van der Waals surface area contributed by atoms with Gasteiger partial charge in [-0.2, -0.15) is 0 Å². The molecule has 0 bridgehead atoms. The van der Waals surface area contributed by atoms with Crippen LogP contribution >= 0.6 is 17.0 Å². The largest absolute Gasteiger partial charge is 0.493 e. The smallest absolute Gasteiger partial charge is 0.329 e. The van der Waals surface area contributed by atoms with E-state index in [4.69, 9.17) is 23.7 Å². The van der Waals surface area contributed by atoms with Gasteiger partial charge in [-0.05, 0) is 31.0 Å². The Morgan fingerprint density at radius 1 is 1.00 bits per heavy atom. The molecule has 1 aromatic rings. The first-order valence-corrected chi connectivity index (χ1v) is 8.68. The normalized spacial score (nSPS) is 11.7. The molecular weight excluding hydrogens is 418 g/mol. The number of nitrogens with zero attached hydrogens (tertiary/aromatic N) is 1. The monoisotopic (exact) mass is 449 g/mol. The van der Waals surface area contributed by atoms with Crippen LogP contribution in [0.4, 0.5) is 0 Å². The lowest BCUT2D eigenvalue weighted by Crippen LogP contribution is -2.46. The van der Waals surface area contributed by atoms with Gasteiger partial charge in [-0.25, -0.2) is 4.79 Å². The zero-order valence-corrected chi connectivity index (χ0v) is 18.8. The van der Waals surface area contributed by atoms with E-state index in [1.165, 1.54) is 14.2 Å². The first-order valence-electron chi connectivity index (χ1n) is 8.68. The lowest BCUT2D eigenvalue weighted by Gasteiger charge is -2.29. The van der Waals surface area contributed by atoms with Gasteiger partial charge in [0.15, 0.2) is 11.5 Å². The van der Waals surface area contributed by atoms with Crippen LogP contribution in [-0.4, -0.2) is 71.7 Å². The van der Waals surface area contributed by atoms with Crippen LogP contribution in [0.5, 0.6) is 17.2 Å². The molecule has 1 aromatic carbocycles. The molecule has 0 spiro atoms. The number of hydrogen-bond donors (Lipinski definition) is 0. The molecule has 0 fully saturated rings. The summed E-state index contributed by atoms with van der Waals surface area (Å²) in [6, 6.07) is 3.19. The van der Waals surface area contributed by atoms with Crippen molar-refractivity contribution >= 4 is 23.0 Å². The van der Waals surface area contributed by atoms with Crippen LogP contribution in [-0.2, 0) is 14.3 Å². The molecule has 0 aromatic heterocycles. The van der Waals surface area contributed by atoms with Crippen LogP contribution in [0.3, 0.4) is 0 Å². The van der Waals surface area contributed by atoms with Gasteiger partial charge in [0.25, 0.3) is 0 Å². The summed E-state index contributed by atoms with van der Waals surface area (Å²) in [4.78, 5) is 14.9. The number of methoxy groups -OCH3 is 4. The third-order valence-electron chi connectivity index (χ3n) is 4.07. The highest BCUT2D eigenvalue weighted by Crippen LogP contribution is 2.38. The molecule has 1 atom stereocenters. The van der Waals surface area contributed by atoms with Crippen molar-refractivity contribution in [2.24, 2.45) is 0 Å². The molecule has 0 radical (unpaired) electrons. The minimum atomic E-state index is -0.420. The number of rotatable bonds is 12. The van der Waals surface area contributed by atoms with Crippen LogP contribution < -0.4 is 14.2 Å². The fourth-order valence-electron chi connectivity index (χ4n) is 2.69. The number of esters is 1. The quantitative estimate of drug-likeness (QED) is 0.358. The SMILES string of the molecule is Br.CC[C@H](C(=O)Oc1c(OC)cc(C)cc1OC)N(CCOC)CCOC. The average Bonchev–Trinajstić information content (AvgIpc) is 2.64. The highest BCUT2D eigenvalue weighted by atomic mass is 79.9. The van der Waals surface area contributed by atoms with Gasteiger partial charge in [-0.15, -0.1) is 17.0 Å². The summed E-state index contributed by atoms with van der Waals surface area (Å²) in [6.45, 7) is 6.12. The number of benzene rings is 1. The number of carbonyl (C=O) groups excluding carboxylic acids is 1. The van der Waals surface area contributed by atoms with E-state index in [0.717, 1.165) is 5.56 Å². The van der Waals surface area contributed by atoms with Crippen LogP contribution in [0.1, 0.15) is 18.9 Å². The molecule has 27 heavy (non-hydrogen) atoms. The van der Waals surface area contributed by atoms with Crippen molar-refractivity contribution in [3.05, 3.63) is 17.7 Å². The molecule has 0 heterocycles. The van der Waals surface area contributed by atoms with Gasteiger partial charge in [0.1, 0.15) is 6.04 Å². The number of carbonyl (C=O) groups is 1. The number of halogens is 1. The van der Waals surface area contributed by atoms with Crippen molar-refractivity contribution in [3.63, 3.8) is 0 Å². The summed E-state index contributed by atoms with van der Waals surface area (Å²) in [5, 5.41) is 0. The van der Waals surface area contributed by atoms with Crippen molar-refractivity contribution in [3.8, 4) is 17.2 Å². The van der Waals surface area contributed by atoms with Crippen molar-refractivity contribution in [1.29, 1.82) is 0 Å². The highest BCUT2D eigenvalue weighted by Gasteiger charge is 2.28. The summed E-state index contributed by atoms with van der Waals surface area (Å²) < 4.78 is 26.7. The molecule has 0 aliphatic rings. The lowest BCUT2D eigenvalue weighted by atomic mass is 10.1. The Bertz CT molecular complexity index is 536. The Kier molecular flexibility index (Phi) is 13.1. The van der Waals surface area contributed by atoms with E-state index in [1.807, 2.05) is 18.7 Å². The average molecular weight is 450 g/mol. The second kappa shape index (κ2) is 13.8. The zero-order chi connectivity index (χ0) is 19.5. The molecule has 0 aliphatic heterocycles. The number of ether oxygens (including phenoxy) is 5. The van der Waals surface area contributed by atoms with Crippen LogP contribution in [0.15, 0.2) is 12.1 Å². The Labute approximate surface area is 172 Å². The summed E-state index contributed by atoms with van der Waals surface area (Å²) in [5.74, 6) is 0.860. The maximum absolute atomic E-state index is 12.9. The van der Waals surface area contributed by atoms with Crippen molar-refractivity contribution in [1.82, 2.24) is 4.90 Å². The summed E-state index contributed by atoms with van der Waals surface area (Å²) in [6.07, 6.45) is 0.600. The third-order valence-corrected chi connectivity index (χ3v) is 4.07. The minimum Gasteiger partial charge on any atom is -0.493 e. The maximum atomic E-state index is 12.9. The predicted octanol–water partition coefficient (Wildman–Crippen LogP) is 2.87. The minimum absolute atomic E-state index is 0. The molecule has 0 saturated heterocycles. The Morgan fingerprint density at radius 2 is 1.48 bits per heavy atom. The van der Waals surface area contributed by atoms with Crippen LogP contribution in [0, 0.1) is 6.92 Å². The van der Waals surface area contributed by atoms with Crippen molar-refractivity contribution in [2.45, 2.75) is 26.3 Å². The van der Waals surface area contributed by atoms with E-state index in [9.17, 15) is 4.79 Å². The second-order valence-electron chi connectivity index (χ2n) is 5.87. The molecule has 0 N–H and O–H groups in total. The van der Waals surface area contributed by atoms with Gasteiger partial charge in [0, 0.05) is 27.3 Å². The standard InChI is InChI=1S/C19H31NO6.BrH/c1-7-15(20(8-10-22-3)9-11-23-4)19(21)26-18-16(24-5)12-14(2)13-17(18)25-6;/h12-13,15H,7-11H2,1-6H3;1H/t15-;/m1./s1. The van der Waals surface area contributed by atoms with Gasteiger partial charge >= 0.3 is 5.97 Å². The first kappa shape index (κ1) is 25.6. The summed E-state index contributed by atoms with van der Waals surface area (Å²) >= 11 is 0. The molecule has 7 nitrogen and oxygen atoms in total. The van der Waals surface area contributed by atoms with E-state index in [-0.39, 0.29) is 23.0 Å². The molecule has 0 unspecified atom stereocenters. The van der Waals surface area contributed by atoms with Gasteiger partial charge in [-0.3, -0.25) is 4.90 Å². The number of aryl methyl sites for hydroxylation is 1. The van der Waals surface area contributed by atoms with E-state index < -0.39 is 6.04 Å². The van der Waals surface area contributed by atoms with Gasteiger partial charge in [0.05, 0.1) is 27.4 Å². The van der Waals surface area contributed by atoms with Crippen molar-refractivity contribution in [2.75, 3.05) is 54.7 Å². The summed E-state index contributed by atoms with van der Waals surface area (Å²) in [7, 11) is 6.34. The Balaban J connectivity index is 0.00000676. The maximum Gasteiger partial charge on any atom is 0.329 e. The Morgan fingerprint density at radius 3 is 1.85 bits per heavy atom. The number of hydrogen-bond acceptors (Lipinski definition) is 7. The van der Waals surface area contributed by atoms with E-state index >= 15 is 0 Å². The third kappa shape index (κ3) is 7.65. The zero-order valence-electron chi connectivity index (χ0n) is 17.1. The molecule has 156 valence electrons. The first-order chi connectivity index (χ1) is 12.5. The topological polar surface area (TPSA) is 66.5 Å². The fraction of sp³-hybridized carbons (Fsp3) is 0.632. The van der Waals surface area contributed by atoms with E-state index in [0.29, 0.717) is 50.0 Å². The van der Waals surface area contributed by atoms with Crippen LogP contribution in [0.2, 0.25) is 0 Å². The molecule has 8 heteroatoms. The highest BCUT2D eigenvalue weighted by molar-refractivity contribution is 8.93. The van der Waals surface area contributed by atoms with Crippen molar-refractivity contribution < 1.29 is 28.5 Å². The fourth-order valence-corrected chi connectivity index (χ4v) is 2.69. The molecule has 1 rings (SSSR count). The molecular formula is C19H32BrNO6. The lowest BCUT2D eigenvalue weighted by molar-refractivity contribution is -0.141. The van der Waals surface area contributed by atoms with Gasteiger partial charge < -0.3 is 23.7 Å².